The third-order valence-corrected chi connectivity index (χ3v) is 6.30. The molecule has 1 aromatic rings. The highest BCUT2D eigenvalue weighted by Gasteiger charge is 2.35. The molecule has 3 amide bonds. The van der Waals surface area contributed by atoms with Crippen molar-refractivity contribution in [2.75, 3.05) is 19.7 Å². The number of benzene rings is 1. The van der Waals surface area contributed by atoms with Crippen molar-refractivity contribution >= 4 is 17.9 Å². The van der Waals surface area contributed by atoms with Crippen LogP contribution in [0.3, 0.4) is 0 Å². The lowest BCUT2D eigenvalue weighted by Gasteiger charge is -2.34. The van der Waals surface area contributed by atoms with E-state index in [2.05, 4.69) is 31.4 Å². The number of rotatable bonds is 17. The number of alkyl carbamates (subject to hydrolysis) is 1. The summed E-state index contributed by atoms with van der Waals surface area (Å²) >= 11 is 0. The Kier molecular flexibility index (Phi) is 15.7. The van der Waals surface area contributed by atoms with Gasteiger partial charge in [0.05, 0.1) is 6.61 Å². The first-order valence-corrected chi connectivity index (χ1v) is 14.3. The molecule has 2 unspecified atom stereocenters. The number of aryl methyl sites for hydroxylation is 1. The second kappa shape index (κ2) is 17.8. The predicted molar refractivity (Wildman–Crippen MR) is 152 cm³/mol. The topological polar surface area (TPSA) is 108 Å². The zero-order valence-electron chi connectivity index (χ0n) is 24.5. The maximum atomic E-state index is 13.8. The van der Waals surface area contributed by atoms with Crippen LogP contribution in [0, 0.1) is 0 Å². The first kappa shape index (κ1) is 33.4. The Morgan fingerprint density at radius 3 is 2.08 bits per heavy atom. The van der Waals surface area contributed by atoms with Gasteiger partial charge in [-0.2, -0.15) is 0 Å². The van der Waals surface area contributed by atoms with E-state index in [-0.39, 0.29) is 5.91 Å². The summed E-state index contributed by atoms with van der Waals surface area (Å²) in [5.74, 6) is -0.775. The Morgan fingerprint density at radius 2 is 1.53 bits per heavy atom. The number of aliphatic hydroxyl groups excluding tert-OH is 1. The van der Waals surface area contributed by atoms with E-state index in [1.807, 2.05) is 24.3 Å². The van der Waals surface area contributed by atoms with Crippen LogP contribution >= 0.6 is 0 Å². The maximum Gasteiger partial charge on any atom is 0.408 e. The average Bonchev–Trinajstić information content (AvgIpc) is 2.87. The Balaban J connectivity index is 3.32. The van der Waals surface area contributed by atoms with E-state index in [9.17, 15) is 19.5 Å². The van der Waals surface area contributed by atoms with Gasteiger partial charge in [-0.15, -0.1) is 0 Å². The Hall–Kier alpha value is -2.61. The molecule has 1 aromatic carbocycles. The minimum absolute atomic E-state index is 0.263. The summed E-state index contributed by atoms with van der Waals surface area (Å²) in [6.07, 6.45) is 7.84. The number of amides is 3. The summed E-state index contributed by atoms with van der Waals surface area (Å²) in [5.41, 5.74) is 1.08. The molecule has 0 aliphatic heterocycles. The number of nitrogens with zero attached hydrogens (tertiary/aromatic N) is 1. The number of carbonyl (C=O) groups excluding carboxylic acids is 3. The lowest BCUT2D eigenvalue weighted by molar-refractivity contribution is -0.143. The van der Waals surface area contributed by atoms with Crippen LogP contribution in [-0.4, -0.2) is 59.3 Å². The standard InChI is InChI=1S/C30H51N3O5/c1-7-10-12-13-15-21-33(28(36)25(22-34)32-29(37)38-30(4,5)6)26(27(35)31-20-14-11-8-2)24-18-16-23(9-3)17-19-24/h16-19,25-26,34H,7-15,20-22H2,1-6H3,(H,31,35)(H,32,37). The molecule has 2 atom stereocenters. The normalized spacial score (nSPS) is 12.9. The van der Waals surface area contributed by atoms with Crippen LogP contribution in [-0.2, 0) is 20.7 Å². The summed E-state index contributed by atoms with van der Waals surface area (Å²) in [4.78, 5) is 41.4. The van der Waals surface area contributed by atoms with E-state index in [0.717, 1.165) is 56.9 Å². The molecule has 216 valence electrons. The number of aliphatic hydroxyl groups is 1. The molecule has 0 fully saturated rings. The third-order valence-electron chi connectivity index (χ3n) is 6.30. The molecular weight excluding hydrogens is 482 g/mol. The van der Waals surface area contributed by atoms with Crippen molar-refractivity contribution in [2.45, 2.75) is 117 Å². The van der Waals surface area contributed by atoms with Crippen LogP contribution in [0.15, 0.2) is 24.3 Å². The summed E-state index contributed by atoms with van der Waals surface area (Å²) in [7, 11) is 0. The van der Waals surface area contributed by atoms with E-state index in [1.165, 1.54) is 4.90 Å². The molecule has 1 rings (SSSR count). The van der Waals surface area contributed by atoms with E-state index >= 15 is 0 Å². The van der Waals surface area contributed by atoms with Crippen molar-refractivity contribution in [2.24, 2.45) is 0 Å². The van der Waals surface area contributed by atoms with Crippen molar-refractivity contribution in [1.29, 1.82) is 0 Å². The lowest BCUT2D eigenvalue weighted by atomic mass is 10.00. The molecule has 0 heterocycles. The van der Waals surface area contributed by atoms with E-state index in [0.29, 0.717) is 25.1 Å². The first-order valence-electron chi connectivity index (χ1n) is 14.3. The summed E-state index contributed by atoms with van der Waals surface area (Å²) < 4.78 is 5.31. The van der Waals surface area contributed by atoms with Crippen LogP contribution in [0.5, 0.6) is 0 Å². The molecule has 0 bridgehead atoms. The largest absolute Gasteiger partial charge is 0.444 e. The molecule has 8 nitrogen and oxygen atoms in total. The Labute approximate surface area is 229 Å². The molecule has 0 spiro atoms. The highest BCUT2D eigenvalue weighted by Crippen LogP contribution is 2.24. The molecule has 3 N–H and O–H groups in total. The van der Waals surface area contributed by atoms with Crippen molar-refractivity contribution in [3.63, 3.8) is 0 Å². The molecule has 0 saturated carbocycles. The number of carbonyl (C=O) groups is 3. The van der Waals surface area contributed by atoms with Gasteiger partial charge in [0.25, 0.3) is 0 Å². The van der Waals surface area contributed by atoms with Gasteiger partial charge in [-0.1, -0.05) is 83.6 Å². The zero-order valence-corrected chi connectivity index (χ0v) is 24.5. The molecular formula is C30H51N3O5. The summed E-state index contributed by atoms with van der Waals surface area (Å²) in [5, 5.41) is 15.6. The third kappa shape index (κ3) is 12.3. The minimum Gasteiger partial charge on any atom is -0.444 e. The number of nitrogens with one attached hydrogen (secondary N) is 2. The first-order chi connectivity index (χ1) is 18.1. The van der Waals surface area contributed by atoms with Gasteiger partial charge in [0.1, 0.15) is 17.7 Å². The quantitative estimate of drug-likeness (QED) is 0.236. The molecule has 0 aliphatic rings. The fourth-order valence-corrected chi connectivity index (χ4v) is 4.18. The summed E-state index contributed by atoms with van der Waals surface area (Å²) in [6, 6.07) is 5.61. The lowest BCUT2D eigenvalue weighted by Crippen LogP contribution is -2.54. The fourth-order valence-electron chi connectivity index (χ4n) is 4.18. The molecule has 0 saturated heterocycles. The molecule has 8 heteroatoms. The highest BCUT2D eigenvalue weighted by molar-refractivity contribution is 5.92. The van der Waals surface area contributed by atoms with Crippen molar-refractivity contribution in [3.05, 3.63) is 35.4 Å². The number of unbranched alkanes of at least 4 members (excludes halogenated alkanes) is 6. The van der Waals surface area contributed by atoms with Gasteiger partial charge < -0.3 is 25.4 Å². The second-order valence-corrected chi connectivity index (χ2v) is 10.8. The molecule has 0 radical (unpaired) electrons. The minimum atomic E-state index is -1.23. The molecule has 0 aliphatic carbocycles. The van der Waals surface area contributed by atoms with Gasteiger partial charge in [0.2, 0.25) is 11.8 Å². The van der Waals surface area contributed by atoms with E-state index in [4.69, 9.17) is 4.74 Å². The highest BCUT2D eigenvalue weighted by atomic mass is 16.6. The second-order valence-electron chi connectivity index (χ2n) is 10.8. The fraction of sp³-hybridized carbons (Fsp3) is 0.700. The van der Waals surface area contributed by atoms with Gasteiger partial charge >= 0.3 is 6.09 Å². The maximum absolute atomic E-state index is 13.8. The van der Waals surface area contributed by atoms with Crippen LogP contribution in [0.2, 0.25) is 0 Å². The molecule has 0 aromatic heterocycles. The van der Waals surface area contributed by atoms with Crippen molar-refractivity contribution in [1.82, 2.24) is 15.5 Å². The average molecular weight is 534 g/mol. The number of ether oxygens (including phenoxy) is 1. The van der Waals surface area contributed by atoms with E-state index < -0.39 is 36.3 Å². The zero-order chi connectivity index (χ0) is 28.6. The van der Waals surface area contributed by atoms with Crippen LogP contribution in [0.1, 0.15) is 110 Å². The number of hydrogen-bond acceptors (Lipinski definition) is 5. The van der Waals surface area contributed by atoms with Gasteiger partial charge in [-0.3, -0.25) is 9.59 Å². The van der Waals surface area contributed by atoms with Gasteiger partial charge in [0, 0.05) is 13.1 Å². The van der Waals surface area contributed by atoms with Crippen LogP contribution in [0.25, 0.3) is 0 Å². The van der Waals surface area contributed by atoms with Crippen LogP contribution in [0.4, 0.5) is 4.79 Å². The van der Waals surface area contributed by atoms with Gasteiger partial charge in [-0.25, -0.2) is 4.79 Å². The summed E-state index contributed by atoms with van der Waals surface area (Å²) in [6.45, 7) is 11.7. The molecule has 38 heavy (non-hydrogen) atoms. The van der Waals surface area contributed by atoms with Crippen molar-refractivity contribution < 1.29 is 24.2 Å². The SMILES string of the molecule is CCCCCCCN(C(=O)C(CO)NC(=O)OC(C)(C)C)C(C(=O)NCCCCC)c1ccc(CC)cc1. The Morgan fingerprint density at radius 1 is 0.921 bits per heavy atom. The number of hydrogen-bond donors (Lipinski definition) is 3. The Bertz CT molecular complexity index is 835. The smallest absolute Gasteiger partial charge is 0.408 e. The van der Waals surface area contributed by atoms with Gasteiger partial charge in [0.15, 0.2) is 0 Å². The monoisotopic (exact) mass is 533 g/mol. The van der Waals surface area contributed by atoms with E-state index in [1.54, 1.807) is 20.8 Å². The van der Waals surface area contributed by atoms with Crippen LogP contribution < -0.4 is 10.6 Å². The van der Waals surface area contributed by atoms with Gasteiger partial charge in [-0.05, 0) is 51.2 Å². The van der Waals surface area contributed by atoms with Crippen molar-refractivity contribution in [3.8, 4) is 0 Å². The predicted octanol–water partition coefficient (Wildman–Crippen LogP) is 5.28.